The summed E-state index contributed by atoms with van der Waals surface area (Å²) in [5, 5.41) is 1.33. The zero-order chi connectivity index (χ0) is 18.8. The van der Waals surface area contributed by atoms with Crippen molar-refractivity contribution < 1.29 is 9.21 Å². The van der Waals surface area contributed by atoms with E-state index in [1.165, 1.54) is 11.3 Å². The van der Waals surface area contributed by atoms with Crippen molar-refractivity contribution in [3.63, 3.8) is 0 Å². The first-order chi connectivity index (χ1) is 12.4. The minimum absolute atomic E-state index is 0.197. The zero-order valence-corrected chi connectivity index (χ0v) is 17.9. The number of fused-ring (bicyclic) bond motifs is 1. The largest absolute Gasteiger partial charge is 0.444 e. The van der Waals surface area contributed by atoms with Crippen LogP contribution in [-0.2, 0) is 0 Å². The van der Waals surface area contributed by atoms with Gasteiger partial charge >= 0.3 is 0 Å². The predicted molar refractivity (Wildman–Crippen MR) is 111 cm³/mol. The summed E-state index contributed by atoms with van der Waals surface area (Å²) in [7, 11) is 4.03. The molecule has 5 nitrogen and oxygen atoms in total. The van der Waals surface area contributed by atoms with Gasteiger partial charge in [-0.25, -0.2) is 4.98 Å². The smallest absolute Gasteiger partial charge is 0.295 e. The van der Waals surface area contributed by atoms with Crippen LogP contribution in [0, 0.1) is 6.92 Å². The van der Waals surface area contributed by atoms with Crippen LogP contribution in [0.15, 0.2) is 33.4 Å². The van der Waals surface area contributed by atoms with Gasteiger partial charge in [0.1, 0.15) is 0 Å². The summed E-state index contributed by atoms with van der Waals surface area (Å²) < 4.78 is 7.00. The number of amides is 1. The number of hydrogen-bond acceptors (Lipinski definition) is 5. The average Bonchev–Trinajstić information content (AvgIpc) is 3.21. The van der Waals surface area contributed by atoms with Gasteiger partial charge in [0.05, 0.1) is 10.2 Å². The molecular weight excluding hydrogens is 438 g/mol. The Bertz CT molecular complexity index is 938. The Labute approximate surface area is 169 Å². The summed E-state index contributed by atoms with van der Waals surface area (Å²) in [5.41, 5.74) is 1.76. The molecule has 3 rings (SSSR count). The molecule has 0 atom stereocenters. The molecule has 0 saturated carbocycles. The normalized spacial score (nSPS) is 11.5. The highest BCUT2D eigenvalue weighted by molar-refractivity contribution is 9.10. The van der Waals surface area contributed by atoms with Crippen LogP contribution in [0.25, 0.3) is 10.2 Å². The van der Waals surface area contributed by atoms with E-state index in [0.717, 1.165) is 28.7 Å². The fourth-order valence-corrected chi connectivity index (χ4v) is 4.10. The molecule has 0 aliphatic heterocycles. The Hall–Kier alpha value is -1.41. The van der Waals surface area contributed by atoms with Crippen molar-refractivity contribution in [3.05, 3.63) is 45.3 Å². The van der Waals surface area contributed by atoms with Gasteiger partial charge in [-0.1, -0.05) is 22.9 Å². The molecule has 0 unspecified atom stereocenters. The van der Waals surface area contributed by atoms with Crippen molar-refractivity contribution in [3.8, 4) is 0 Å². The Morgan fingerprint density at radius 2 is 2.04 bits per heavy atom. The van der Waals surface area contributed by atoms with Crippen molar-refractivity contribution in [1.82, 2.24) is 9.88 Å². The first kappa shape index (κ1) is 19.4. The lowest BCUT2D eigenvalue weighted by molar-refractivity contribution is 0.0958. The summed E-state index contributed by atoms with van der Waals surface area (Å²) in [6, 6.07) is 7.19. The number of furan rings is 1. The van der Waals surface area contributed by atoms with E-state index in [1.54, 1.807) is 17.0 Å². The average molecular weight is 457 g/mol. The summed E-state index contributed by atoms with van der Waals surface area (Å²) in [6.07, 6.45) is 0.830. The standard InChI is InChI=1S/C18H19BrClN3O2S/c1-11-12(20)5-7-14-16(11)21-18(26-14)23(10-4-9-22(2)3)17(24)13-6-8-15(19)25-13/h5-8H,4,9-10H2,1-3H3. The van der Waals surface area contributed by atoms with Crippen molar-refractivity contribution in [2.24, 2.45) is 0 Å². The number of benzene rings is 1. The lowest BCUT2D eigenvalue weighted by Crippen LogP contribution is -2.33. The van der Waals surface area contributed by atoms with Crippen molar-refractivity contribution >= 4 is 60.1 Å². The van der Waals surface area contributed by atoms with Gasteiger partial charge in [-0.05, 0) is 79.7 Å². The van der Waals surface area contributed by atoms with E-state index in [-0.39, 0.29) is 11.7 Å². The van der Waals surface area contributed by atoms with Gasteiger partial charge in [-0.15, -0.1) is 0 Å². The van der Waals surface area contributed by atoms with E-state index in [0.29, 0.717) is 21.4 Å². The number of rotatable bonds is 6. The molecule has 138 valence electrons. The number of halogens is 2. The van der Waals surface area contributed by atoms with E-state index < -0.39 is 0 Å². The number of carbonyl (C=O) groups excluding carboxylic acids is 1. The summed E-state index contributed by atoms with van der Waals surface area (Å²) in [6.45, 7) is 3.37. The molecule has 2 heterocycles. The van der Waals surface area contributed by atoms with Crippen LogP contribution in [0.3, 0.4) is 0 Å². The Morgan fingerprint density at radius 3 is 2.69 bits per heavy atom. The Balaban J connectivity index is 1.96. The second-order valence-corrected chi connectivity index (χ2v) is 8.43. The second-order valence-electron chi connectivity index (χ2n) is 6.23. The van der Waals surface area contributed by atoms with Gasteiger partial charge in [0, 0.05) is 11.6 Å². The van der Waals surface area contributed by atoms with Crippen LogP contribution in [0.1, 0.15) is 22.5 Å². The van der Waals surface area contributed by atoms with Crippen LogP contribution in [0.2, 0.25) is 5.02 Å². The molecule has 0 saturated heterocycles. The maximum atomic E-state index is 13.0. The van der Waals surface area contributed by atoms with Crippen molar-refractivity contribution in [2.45, 2.75) is 13.3 Å². The van der Waals surface area contributed by atoms with E-state index in [2.05, 4.69) is 20.8 Å². The number of nitrogens with zero attached hydrogens (tertiary/aromatic N) is 3. The van der Waals surface area contributed by atoms with Crippen LogP contribution in [-0.4, -0.2) is 43.0 Å². The second kappa shape index (κ2) is 8.08. The molecule has 26 heavy (non-hydrogen) atoms. The van der Waals surface area contributed by atoms with Crippen molar-refractivity contribution in [2.75, 3.05) is 32.1 Å². The number of aromatic nitrogens is 1. The number of aryl methyl sites for hydroxylation is 1. The number of hydrogen-bond donors (Lipinski definition) is 0. The molecule has 0 spiro atoms. The van der Waals surface area contributed by atoms with Crippen LogP contribution in [0.4, 0.5) is 5.13 Å². The van der Waals surface area contributed by atoms with E-state index in [1.807, 2.05) is 33.2 Å². The third-order valence-electron chi connectivity index (χ3n) is 3.98. The Kier molecular flexibility index (Phi) is 6.02. The molecule has 0 aliphatic carbocycles. The molecule has 0 fully saturated rings. The molecule has 0 N–H and O–H groups in total. The van der Waals surface area contributed by atoms with Gasteiger partial charge < -0.3 is 9.32 Å². The molecule has 2 aromatic heterocycles. The third kappa shape index (κ3) is 4.11. The highest BCUT2D eigenvalue weighted by Crippen LogP contribution is 2.34. The van der Waals surface area contributed by atoms with Gasteiger partial charge in [0.25, 0.3) is 5.91 Å². The molecule has 1 aromatic carbocycles. The number of anilines is 1. The van der Waals surface area contributed by atoms with E-state index >= 15 is 0 Å². The van der Waals surface area contributed by atoms with Crippen LogP contribution in [0.5, 0.6) is 0 Å². The first-order valence-corrected chi connectivity index (χ1v) is 10.1. The monoisotopic (exact) mass is 455 g/mol. The predicted octanol–water partition coefficient (Wildman–Crippen LogP) is 5.21. The fraction of sp³-hybridized carbons (Fsp3) is 0.333. The SMILES string of the molecule is Cc1c(Cl)ccc2sc(N(CCCN(C)C)C(=O)c3ccc(Br)o3)nc12. The highest BCUT2D eigenvalue weighted by atomic mass is 79.9. The van der Waals surface area contributed by atoms with Crippen LogP contribution < -0.4 is 4.90 Å². The molecule has 0 radical (unpaired) electrons. The summed E-state index contributed by atoms with van der Waals surface area (Å²) >= 11 is 11.0. The molecule has 8 heteroatoms. The maximum Gasteiger partial charge on any atom is 0.295 e. The van der Waals surface area contributed by atoms with Crippen LogP contribution >= 0.6 is 38.9 Å². The molecule has 0 bridgehead atoms. The topological polar surface area (TPSA) is 49.6 Å². The molecule has 0 aliphatic rings. The zero-order valence-electron chi connectivity index (χ0n) is 14.8. The van der Waals surface area contributed by atoms with Gasteiger partial charge in [-0.2, -0.15) is 0 Å². The fourth-order valence-electron chi connectivity index (χ4n) is 2.60. The molecule has 3 aromatic rings. The summed E-state index contributed by atoms with van der Waals surface area (Å²) in [4.78, 5) is 21.5. The van der Waals surface area contributed by atoms with Gasteiger partial charge in [0.2, 0.25) is 0 Å². The number of thiazole rings is 1. The lowest BCUT2D eigenvalue weighted by atomic mass is 10.2. The molecule has 1 amide bonds. The van der Waals surface area contributed by atoms with Crippen molar-refractivity contribution in [1.29, 1.82) is 0 Å². The highest BCUT2D eigenvalue weighted by Gasteiger charge is 2.24. The summed E-state index contributed by atoms with van der Waals surface area (Å²) in [5.74, 6) is 0.0907. The van der Waals surface area contributed by atoms with E-state index in [4.69, 9.17) is 21.0 Å². The minimum Gasteiger partial charge on any atom is -0.444 e. The minimum atomic E-state index is -0.197. The van der Waals surface area contributed by atoms with Gasteiger partial charge in [0.15, 0.2) is 15.6 Å². The third-order valence-corrected chi connectivity index (χ3v) is 5.86. The Morgan fingerprint density at radius 1 is 1.27 bits per heavy atom. The lowest BCUT2D eigenvalue weighted by Gasteiger charge is -2.19. The molecular formula is C18H19BrClN3O2S. The van der Waals surface area contributed by atoms with Gasteiger partial charge in [-0.3, -0.25) is 9.69 Å². The maximum absolute atomic E-state index is 13.0. The van der Waals surface area contributed by atoms with E-state index in [9.17, 15) is 4.79 Å². The first-order valence-electron chi connectivity index (χ1n) is 8.14. The quantitative estimate of drug-likeness (QED) is 0.511. The number of carbonyl (C=O) groups is 1.